The van der Waals surface area contributed by atoms with Gasteiger partial charge in [-0.1, -0.05) is 55.2 Å². The van der Waals surface area contributed by atoms with Gasteiger partial charge < -0.3 is 10.4 Å². The van der Waals surface area contributed by atoms with E-state index in [4.69, 9.17) is 23.2 Å². The molecule has 8 heteroatoms. The Hall–Kier alpha value is -2.15. The molecular formula is C26H27Cl2FN2O3. The molecule has 0 bridgehead atoms. The van der Waals surface area contributed by atoms with Crippen LogP contribution in [0.15, 0.2) is 36.4 Å². The van der Waals surface area contributed by atoms with Crippen LogP contribution in [-0.2, 0) is 15.0 Å². The second-order valence-electron chi connectivity index (χ2n) is 10.7. The van der Waals surface area contributed by atoms with E-state index in [2.05, 4.69) is 19.2 Å². The summed E-state index contributed by atoms with van der Waals surface area (Å²) < 4.78 is 15.6. The fourth-order valence-corrected chi connectivity index (χ4v) is 7.29. The van der Waals surface area contributed by atoms with Crippen LogP contribution in [0.5, 0.6) is 0 Å². The van der Waals surface area contributed by atoms with Crippen molar-refractivity contribution in [3.05, 3.63) is 63.4 Å². The molecule has 2 aliphatic heterocycles. The van der Waals surface area contributed by atoms with E-state index >= 15 is 4.39 Å². The number of nitrogens with zero attached hydrogens (tertiary/aromatic N) is 1. The molecule has 2 fully saturated rings. The van der Waals surface area contributed by atoms with Crippen molar-refractivity contribution in [2.45, 2.75) is 62.4 Å². The molecule has 2 aromatic rings. The number of nitrogens with one attached hydrogen (secondary N) is 1. The van der Waals surface area contributed by atoms with E-state index in [1.165, 1.54) is 6.07 Å². The van der Waals surface area contributed by atoms with Crippen LogP contribution in [0.3, 0.4) is 0 Å². The third kappa shape index (κ3) is 2.94. The number of carboxylic acid groups (broad SMARTS) is 1. The summed E-state index contributed by atoms with van der Waals surface area (Å²) in [5, 5.41) is 13.8. The molecule has 1 aliphatic carbocycles. The summed E-state index contributed by atoms with van der Waals surface area (Å²) in [7, 11) is 1.77. The van der Waals surface area contributed by atoms with Crippen LogP contribution in [0.1, 0.15) is 56.6 Å². The van der Waals surface area contributed by atoms with Crippen LogP contribution in [-0.4, -0.2) is 40.5 Å². The number of carbonyl (C=O) groups excluding carboxylic acids is 1. The molecule has 1 amide bonds. The molecule has 2 heterocycles. The van der Waals surface area contributed by atoms with E-state index in [1.54, 1.807) is 37.4 Å². The van der Waals surface area contributed by atoms with Crippen molar-refractivity contribution in [2.24, 2.45) is 5.41 Å². The SMILES string of the molecule is CN1C(C(=O)O)[C@H](c2cccc(Cl)c2F)[C@]2(C(=O)Nc3cc(Cl)ccc32)C12CCC(C)(C)CC2. The van der Waals surface area contributed by atoms with Gasteiger partial charge in [0.15, 0.2) is 0 Å². The van der Waals surface area contributed by atoms with Gasteiger partial charge in [0.1, 0.15) is 17.3 Å². The van der Waals surface area contributed by atoms with Gasteiger partial charge in [-0.2, -0.15) is 0 Å². The number of carbonyl (C=O) groups is 2. The summed E-state index contributed by atoms with van der Waals surface area (Å²) in [6.07, 6.45) is 2.83. The van der Waals surface area contributed by atoms with E-state index in [9.17, 15) is 14.7 Å². The molecule has 34 heavy (non-hydrogen) atoms. The molecule has 3 aliphatic rings. The summed E-state index contributed by atoms with van der Waals surface area (Å²) >= 11 is 12.4. The van der Waals surface area contributed by atoms with Crippen molar-refractivity contribution in [2.75, 3.05) is 12.4 Å². The second kappa shape index (κ2) is 7.67. The van der Waals surface area contributed by atoms with E-state index in [-0.39, 0.29) is 21.9 Å². The minimum Gasteiger partial charge on any atom is -0.480 e. The lowest BCUT2D eigenvalue weighted by Gasteiger charge is -2.52. The highest BCUT2D eigenvalue weighted by Gasteiger charge is 2.75. The molecule has 0 radical (unpaired) electrons. The highest BCUT2D eigenvalue weighted by Crippen LogP contribution is 2.67. The average Bonchev–Trinajstić information content (AvgIpc) is 3.17. The Morgan fingerprint density at radius 3 is 2.47 bits per heavy atom. The van der Waals surface area contributed by atoms with Gasteiger partial charge in [0.2, 0.25) is 5.91 Å². The Morgan fingerprint density at radius 2 is 1.82 bits per heavy atom. The standard InChI is InChI=1S/C26H27Cl2FN2O3/c1-24(2)9-11-25(12-10-24)26(16-8-7-14(27)13-18(16)30-23(26)34)19(21(22(32)33)31(25)3)15-5-4-6-17(28)20(15)29/h4-8,13,19,21H,9-12H2,1-3H3,(H,30,34)(H,32,33)/t19-,21?,26+/m0/s1. The molecule has 1 unspecified atom stereocenters. The molecule has 180 valence electrons. The van der Waals surface area contributed by atoms with Crippen molar-refractivity contribution in [3.8, 4) is 0 Å². The number of likely N-dealkylation sites (tertiary alicyclic amines) is 1. The van der Waals surface area contributed by atoms with Gasteiger partial charge in [-0.05, 0) is 67.5 Å². The maximum absolute atomic E-state index is 15.6. The molecule has 3 atom stereocenters. The van der Waals surface area contributed by atoms with E-state index < -0.39 is 34.7 Å². The number of hydrogen-bond donors (Lipinski definition) is 2. The number of hydrogen-bond acceptors (Lipinski definition) is 3. The van der Waals surface area contributed by atoms with Crippen LogP contribution in [0.2, 0.25) is 10.0 Å². The molecule has 1 saturated carbocycles. The van der Waals surface area contributed by atoms with Crippen LogP contribution in [0.4, 0.5) is 10.1 Å². The quantitative estimate of drug-likeness (QED) is 0.538. The predicted octanol–water partition coefficient (Wildman–Crippen LogP) is 5.84. The van der Waals surface area contributed by atoms with Crippen LogP contribution in [0.25, 0.3) is 0 Å². The normalized spacial score (nSPS) is 29.4. The summed E-state index contributed by atoms with van der Waals surface area (Å²) in [5.41, 5.74) is -0.730. The molecule has 0 aromatic heterocycles. The van der Waals surface area contributed by atoms with Crippen LogP contribution < -0.4 is 5.32 Å². The first-order chi connectivity index (χ1) is 16.0. The summed E-state index contributed by atoms with van der Waals surface area (Å²) in [5.74, 6) is -3.08. The number of fused-ring (bicyclic) bond motifs is 3. The Balaban J connectivity index is 1.87. The van der Waals surface area contributed by atoms with Gasteiger partial charge in [-0.25, -0.2) is 4.39 Å². The Kier molecular flexibility index (Phi) is 5.32. The predicted molar refractivity (Wildman–Crippen MR) is 130 cm³/mol. The second-order valence-corrected chi connectivity index (χ2v) is 11.5. The molecule has 1 saturated heterocycles. The van der Waals surface area contributed by atoms with Gasteiger partial charge in [-0.3, -0.25) is 14.5 Å². The van der Waals surface area contributed by atoms with E-state index in [1.807, 2.05) is 4.90 Å². The largest absolute Gasteiger partial charge is 0.480 e. The molecule has 5 nitrogen and oxygen atoms in total. The number of aliphatic carboxylic acids is 1. The number of anilines is 1. The number of benzene rings is 2. The van der Waals surface area contributed by atoms with Gasteiger partial charge in [0, 0.05) is 22.2 Å². The minimum absolute atomic E-state index is 0.0588. The summed E-state index contributed by atoms with van der Waals surface area (Å²) in [6.45, 7) is 4.37. The third-order valence-corrected chi connectivity index (χ3v) is 9.15. The zero-order valence-electron chi connectivity index (χ0n) is 19.3. The van der Waals surface area contributed by atoms with Gasteiger partial charge in [0.25, 0.3) is 0 Å². The summed E-state index contributed by atoms with van der Waals surface area (Å²) in [4.78, 5) is 28.8. The minimum atomic E-state index is -1.33. The fraction of sp³-hybridized carbons (Fsp3) is 0.462. The molecular weight excluding hydrogens is 478 g/mol. The molecule has 2 N–H and O–H groups in total. The first-order valence-electron chi connectivity index (χ1n) is 11.5. The number of halogens is 3. The first kappa shape index (κ1) is 23.6. The number of carboxylic acids is 1. The van der Waals surface area contributed by atoms with E-state index in [0.717, 1.165) is 12.8 Å². The maximum atomic E-state index is 15.6. The van der Waals surface area contributed by atoms with Crippen molar-refractivity contribution in [1.82, 2.24) is 4.90 Å². The fourth-order valence-electron chi connectivity index (χ4n) is 6.93. The van der Waals surface area contributed by atoms with Gasteiger partial charge in [0.05, 0.1) is 5.02 Å². The Bertz CT molecular complexity index is 1210. The van der Waals surface area contributed by atoms with E-state index in [0.29, 0.717) is 29.1 Å². The lowest BCUT2D eigenvalue weighted by molar-refractivity contribution is -0.144. The molecule has 5 rings (SSSR count). The van der Waals surface area contributed by atoms with Crippen molar-refractivity contribution in [3.63, 3.8) is 0 Å². The monoisotopic (exact) mass is 504 g/mol. The van der Waals surface area contributed by atoms with Gasteiger partial charge >= 0.3 is 5.97 Å². The highest BCUT2D eigenvalue weighted by atomic mass is 35.5. The Labute approximate surface area is 208 Å². The average molecular weight is 505 g/mol. The lowest BCUT2D eigenvalue weighted by atomic mass is 9.53. The summed E-state index contributed by atoms with van der Waals surface area (Å²) in [6, 6.07) is 8.67. The molecule has 2 spiro atoms. The third-order valence-electron chi connectivity index (χ3n) is 8.62. The zero-order valence-corrected chi connectivity index (χ0v) is 20.8. The van der Waals surface area contributed by atoms with Crippen molar-refractivity contribution < 1.29 is 19.1 Å². The number of likely N-dealkylation sites (N-methyl/N-ethyl adjacent to an activating group) is 1. The van der Waals surface area contributed by atoms with Crippen molar-refractivity contribution in [1.29, 1.82) is 0 Å². The maximum Gasteiger partial charge on any atom is 0.321 e. The topological polar surface area (TPSA) is 69.6 Å². The highest BCUT2D eigenvalue weighted by molar-refractivity contribution is 6.31. The van der Waals surface area contributed by atoms with Gasteiger partial charge in [-0.15, -0.1) is 0 Å². The zero-order chi connectivity index (χ0) is 24.6. The van der Waals surface area contributed by atoms with Crippen LogP contribution in [0, 0.1) is 11.2 Å². The van der Waals surface area contributed by atoms with Crippen molar-refractivity contribution >= 4 is 40.8 Å². The van der Waals surface area contributed by atoms with Crippen LogP contribution >= 0.6 is 23.2 Å². The Morgan fingerprint density at radius 1 is 1.15 bits per heavy atom. The smallest absolute Gasteiger partial charge is 0.321 e. The first-order valence-corrected chi connectivity index (χ1v) is 12.2. The number of rotatable bonds is 2. The number of amides is 1. The lowest BCUT2D eigenvalue weighted by Crippen LogP contribution is -2.61. The molecule has 2 aromatic carbocycles.